The molecule has 0 atom stereocenters. The number of carbonyl (C=O) groups excluding carboxylic acids is 1. The van der Waals surface area contributed by atoms with Crippen LogP contribution in [0.15, 0.2) is 53.3 Å². The molecule has 1 fully saturated rings. The molecule has 1 aliphatic heterocycles. The van der Waals surface area contributed by atoms with Crippen molar-refractivity contribution in [2.24, 2.45) is 7.05 Å². The molecule has 0 saturated carbocycles. The third kappa shape index (κ3) is 4.22. The molecule has 3 aromatic rings. The van der Waals surface area contributed by atoms with Gasteiger partial charge in [-0.3, -0.25) is 14.5 Å². The van der Waals surface area contributed by atoms with Crippen molar-refractivity contribution in [2.45, 2.75) is 32.4 Å². The van der Waals surface area contributed by atoms with Crippen LogP contribution in [0.2, 0.25) is 0 Å². The SMILES string of the molecule is Cc1nc2cc(C(=O)NC3CCN(Cc4ccccc4)CC3)ccc2n(C)c1=O. The minimum Gasteiger partial charge on any atom is -0.349 e. The lowest BCUT2D eigenvalue weighted by molar-refractivity contribution is 0.0909. The van der Waals surface area contributed by atoms with Gasteiger partial charge < -0.3 is 9.88 Å². The Balaban J connectivity index is 1.39. The van der Waals surface area contributed by atoms with Gasteiger partial charge in [-0.15, -0.1) is 0 Å². The molecule has 6 heteroatoms. The van der Waals surface area contributed by atoms with Crippen LogP contribution >= 0.6 is 0 Å². The van der Waals surface area contributed by atoms with Crippen molar-refractivity contribution in [3.63, 3.8) is 0 Å². The number of fused-ring (bicyclic) bond motifs is 1. The second-order valence-electron chi connectivity index (χ2n) is 7.77. The van der Waals surface area contributed by atoms with Crippen LogP contribution < -0.4 is 10.9 Å². The van der Waals surface area contributed by atoms with E-state index >= 15 is 0 Å². The zero-order chi connectivity index (χ0) is 20.4. The van der Waals surface area contributed by atoms with Crippen LogP contribution in [0, 0.1) is 6.92 Å². The maximum absolute atomic E-state index is 12.7. The summed E-state index contributed by atoms with van der Waals surface area (Å²) in [5, 5.41) is 3.16. The first-order valence-electron chi connectivity index (χ1n) is 10.1. The average molecular weight is 390 g/mol. The number of rotatable bonds is 4. The molecular weight excluding hydrogens is 364 g/mol. The van der Waals surface area contributed by atoms with E-state index in [2.05, 4.69) is 39.5 Å². The fourth-order valence-corrected chi connectivity index (χ4v) is 3.96. The van der Waals surface area contributed by atoms with Crippen LogP contribution in [0.3, 0.4) is 0 Å². The maximum atomic E-state index is 12.7. The van der Waals surface area contributed by atoms with Gasteiger partial charge in [-0.05, 0) is 43.5 Å². The number of likely N-dealkylation sites (tertiary alicyclic amines) is 1. The molecule has 1 aromatic heterocycles. The van der Waals surface area contributed by atoms with Gasteiger partial charge in [-0.2, -0.15) is 0 Å². The van der Waals surface area contributed by atoms with Crippen LogP contribution in [0.1, 0.15) is 34.5 Å². The van der Waals surface area contributed by atoms with Crippen molar-refractivity contribution in [2.75, 3.05) is 13.1 Å². The van der Waals surface area contributed by atoms with Crippen LogP contribution in [0.4, 0.5) is 0 Å². The predicted octanol–water partition coefficient (Wildman–Crippen LogP) is 2.64. The van der Waals surface area contributed by atoms with Crippen molar-refractivity contribution in [1.29, 1.82) is 0 Å². The minimum absolute atomic E-state index is 0.0817. The Morgan fingerprint density at radius 3 is 2.59 bits per heavy atom. The normalized spacial score (nSPS) is 15.5. The van der Waals surface area contributed by atoms with Crippen molar-refractivity contribution in [1.82, 2.24) is 19.8 Å². The number of benzene rings is 2. The average Bonchev–Trinajstić information content (AvgIpc) is 2.74. The molecule has 2 heterocycles. The van der Waals surface area contributed by atoms with Gasteiger partial charge in [0.15, 0.2) is 0 Å². The smallest absolute Gasteiger partial charge is 0.272 e. The summed E-state index contributed by atoms with van der Waals surface area (Å²) in [4.78, 5) is 31.6. The third-order valence-electron chi connectivity index (χ3n) is 5.67. The molecule has 1 aliphatic rings. The number of carbonyl (C=O) groups is 1. The molecule has 1 saturated heterocycles. The molecule has 1 amide bonds. The summed E-state index contributed by atoms with van der Waals surface area (Å²) in [5.74, 6) is -0.0817. The topological polar surface area (TPSA) is 67.2 Å². The predicted molar refractivity (Wildman–Crippen MR) is 114 cm³/mol. The fraction of sp³-hybridized carbons (Fsp3) is 0.348. The molecule has 4 rings (SSSR count). The van der Waals surface area contributed by atoms with E-state index in [1.54, 1.807) is 36.7 Å². The van der Waals surface area contributed by atoms with E-state index in [-0.39, 0.29) is 17.5 Å². The first kappa shape index (κ1) is 19.3. The molecule has 2 aromatic carbocycles. The van der Waals surface area contributed by atoms with Gasteiger partial charge in [0, 0.05) is 38.3 Å². The Bertz CT molecular complexity index is 1080. The summed E-state index contributed by atoms with van der Waals surface area (Å²) in [7, 11) is 1.72. The summed E-state index contributed by atoms with van der Waals surface area (Å²) in [5.41, 5.74) is 3.61. The Morgan fingerprint density at radius 1 is 1.14 bits per heavy atom. The number of nitrogens with one attached hydrogen (secondary N) is 1. The maximum Gasteiger partial charge on any atom is 0.272 e. The highest BCUT2D eigenvalue weighted by atomic mass is 16.1. The molecule has 0 radical (unpaired) electrons. The fourth-order valence-electron chi connectivity index (χ4n) is 3.96. The first-order chi connectivity index (χ1) is 14.0. The number of amides is 1. The second-order valence-corrected chi connectivity index (χ2v) is 7.77. The summed E-state index contributed by atoms with van der Waals surface area (Å²) < 4.78 is 1.57. The highest BCUT2D eigenvalue weighted by molar-refractivity contribution is 5.97. The van der Waals surface area contributed by atoms with Crippen molar-refractivity contribution in [3.05, 3.63) is 75.7 Å². The van der Waals surface area contributed by atoms with Gasteiger partial charge in [0.05, 0.1) is 11.0 Å². The van der Waals surface area contributed by atoms with Crippen LogP contribution in [0.25, 0.3) is 11.0 Å². The summed E-state index contributed by atoms with van der Waals surface area (Å²) in [6, 6.07) is 16.0. The van der Waals surface area contributed by atoms with E-state index in [4.69, 9.17) is 0 Å². The van der Waals surface area contributed by atoms with Crippen LogP contribution in [-0.2, 0) is 13.6 Å². The van der Waals surface area contributed by atoms with E-state index < -0.39 is 0 Å². The number of nitrogens with zero attached hydrogens (tertiary/aromatic N) is 3. The molecule has 6 nitrogen and oxygen atoms in total. The highest BCUT2D eigenvalue weighted by Gasteiger charge is 2.21. The first-order valence-corrected chi connectivity index (χ1v) is 10.1. The van der Waals surface area contributed by atoms with E-state index in [0.29, 0.717) is 16.8 Å². The Labute approximate surface area is 170 Å². The highest BCUT2D eigenvalue weighted by Crippen LogP contribution is 2.16. The van der Waals surface area contributed by atoms with E-state index in [1.165, 1.54) is 5.56 Å². The molecular formula is C23H26N4O2. The molecule has 29 heavy (non-hydrogen) atoms. The number of piperidine rings is 1. The summed E-state index contributed by atoms with van der Waals surface area (Å²) >= 11 is 0. The summed E-state index contributed by atoms with van der Waals surface area (Å²) in [6.45, 7) is 4.59. The van der Waals surface area contributed by atoms with Gasteiger partial charge in [-0.25, -0.2) is 4.98 Å². The van der Waals surface area contributed by atoms with Gasteiger partial charge >= 0.3 is 0 Å². The number of aromatic nitrogens is 2. The molecule has 0 spiro atoms. The number of hydrogen-bond acceptors (Lipinski definition) is 4. The van der Waals surface area contributed by atoms with E-state index in [9.17, 15) is 9.59 Å². The quantitative estimate of drug-likeness (QED) is 0.744. The number of aryl methyl sites for hydroxylation is 2. The largest absolute Gasteiger partial charge is 0.349 e. The molecule has 1 N–H and O–H groups in total. The van der Waals surface area contributed by atoms with Crippen LogP contribution in [0.5, 0.6) is 0 Å². The molecule has 150 valence electrons. The van der Waals surface area contributed by atoms with Crippen LogP contribution in [-0.4, -0.2) is 39.5 Å². The molecule has 0 aliphatic carbocycles. The van der Waals surface area contributed by atoms with Gasteiger partial charge in [0.1, 0.15) is 5.69 Å². The van der Waals surface area contributed by atoms with E-state index in [0.717, 1.165) is 38.0 Å². The zero-order valence-corrected chi connectivity index (χ0v) is 16.9. The van der Waals surface area contributed by atoms with Gasteiger partial charge in [0.2, 0.25) is 0 Å². The van der Waals surface area contributed by atoms with Crippen molar-refractivity contribution in [3.8, 4) is 0 Å². The van der Waals surface area contributed by atoms with Crippen molar-refractivity contribution >= 4 is 16.9 Å². The molecule has 0 unspecified atom stereocenters. The second kappa shape index (κ2) is 8.17. The lowest BCUT2D eigenvalue weighted by Gasteiger charge is -2.32. The molecule has 0 bridgehead atoms. The monoisotopic (exact) mass is 390 g/mol. The Hall–Kier alpha value is -2.99. The van der Waals surface area contributed by atoms with Crippen molar-refractivity contribution < 1.29 is 4.79 Å². The van der Waals surface area contributed by atoms with Gasteiger partial charge in [-0.1, -0.05) is 30.3 Å². The van der Waals surface area contributed by atoms with E-state index in [1.807, 2.05) is 6.07 Å². The third-order valence-corrected chi connectivity index (χ3v) is 5.67. The lowest BCUT2D eigenvalue weighted by Crippen LogP contribution is -2.44. The minimum atomic E-state index is -0.114. The zero-order valence-electron chi connectivity index (χ0n) is 16.9. The standard InChI is InChI=1S/C23H26N4O2/c1-16-23(29)26(2)21-9-8-18(14-20(21)24-16)22(28)25-19-10-12-27(13-11-19)15-17-6-4-3-5-7-17/h3-9,14,19H,10-13,15H2,1-2H3,(H,25,28). The number of hydrogen-bond donors (Lipinski definition) is 1. The summed E-state index contributed by atoms with van der Waals surface area (Å²) in [6.07, 6.45) is 1.88. The lowest BCUT2D eigenvalue weighted by atomic mass is 10.0. The Kier molecular flexibility index (Phi) is 5.45. The Morgan fingerprint density at radius 2 is 1.86 bits per heavy atom. The van der Waals surface area contributed by atoms with Gasteiger partial charge in [0.25, 0.3) is 11.5 Å².